The van der Waals surface area contributed by atoms with Crippen molar-refractivity contribution in [3.8, 4) is 17.0 Å². The number of carbonyl (C=O) groups excluding carboxylic acids is 1. The highest BCUT2D eigenvalue weighted by Gasteiger charge is 2.23. The monoisotopic (exact) mass is 506 g/mol. The Morgan fingerprint density at radius 3 is 2.57 bits per heavy atom. The Balaban J connectivity index is 1.58. The number of aromatic nitrogens is 2. The van der Waals surface area contributed by atoms with E-state index < -0.39 is 0 Å². The van der Waals surface area contributed by atoms with Crippen molar-refractivity contribution in [2.24, 2.45) is 0 Å². The highest BCUT2D eigenvalue weighted by molar-refractivity contribution is 5.77. The van der Waals surface area contributed by atoms with E-state index in [0.29, 0.717) is 29.0 Å². The van der Waals surface area contributed by atoms with Crippen LogP contribution < -0.4 is 15.6 Å². The molecular formula is C30H42N4O3. The SMILES string of the molecule is COc1cccc(-c2cn3cc(CCCCN4[C@H](C)CCC[C@@H]4C)cc3c(=O)n2CC(=O)NC(C)C)c1. The van der Waals surface area contributed by atoms with Crippen molar-refractivity contribution in [3.05, 3.63) is 58.6 Å². The van der Waals surface area contributed by atoms with Gasteiger partial charge in [0.15, 0.2) is 0 Å². The van der Waals surface area contributed by atoms with Gasteiger partial charge in [-0.05, 0) is 90.1 Å². The highest BCUT2D eigenvalue weighted by Crippen LogP contribution is 2.25. The smallest absolute Gasteiger partial charge is 0.275 e. The first kappa shape index (κ1) is 27.0. The first-order valence-corrected chi connectivity index (χ1v) is 13.7. The fourth-order valence-electron chi connectivity index (χ4n) is 5.62. The summed E-state index contributed by atoms with van der Waals surface area (Å²) in [5.41, 5.74) is 3.10. The molecule has 1 aromatic carbocycles. The van der Waals surface area contributed by atoms with Crippen LogP contribution in [0.3, 0.4) is 0 Å². The molecule has 1 aliphatic rings. The molecule has 1 saturated heterocycles. The Bertz CT molecular complexity index is 1270. The summed E-state index contributed by atoms with van der Waals surface area (Å²) in [7, 11) is 1.62. The molecule has 0 radical (unpaired) electrons. The lowest BCUT2D eigenvalue weighted by atomic mass is 9.97. The molecule has 1 aliphatic heterocycles. The van der Waals surface area contributed by atoms with E-state index in [1.54, 1.807) is 11.7 Å². The summed E-state index contributed by atoms with van der Waals surface area (Å²) in [4.78, 5) is 29.0. The van der Waals surface area contributed by atoms with E-state index in [2.05, 4.69) is 30.3 Å². The number of methoxy groups -OCH3 is 1. The summed E-state index contributed by atoms with van der Waals surface area (Å²) in [6, 6.07) is 10.9. The number of aryl methyl sites for hydroxylation is 1. The third-order valence-electron chi connectivity index (χ3n) is 7.55. The van der Waals surface area contributed by atoms with Crippen molar-refractivity contribution in [2.45, 2.75) is 90.9 Å². The number of amides is 1. The predicted molar refractivity (Wildman–Crippen MR) is 149 cm³/mol. The van der Waals surface area contributed by atoms with Crippen LogP contribution in [0, 0.1) is 0 Å². The summed E-state index contributed by atoms with van der Waals surface area (Å²) in [5.74, 6) is 0.521. The van der Waals surface area contributed by atoms with E-state index >= 15 is 0 Å². The lowest BCUT2D eigenvalue weighted by Gasteiger charge is -2.39. The molecular weight excluding hydrogens is 464 g/mol. The molecule has 0 saturated carbocycles. The largest absolute Gasteiger partial charge is 0.497 e. The zero-order chi connectivity index (χ0) is 26.5. The normalized spacial score (nSPS) is 18.4. The number of likely N-dealkylation sites (tertiary alicyclic amines) is 1. The highest BCUT2D eigenvalue weighted by atomic mass is 16.5. The minimum absolute atomic E-state index is 0.00279. The first-order valence-electron chi connectivity index (χ1n) is 13.7. The van der Waals surface area contributed by atoms with Crippen LogP contribution in [0.5, 0.6) is 5.75 Å². The minimum Gasteiger partial charge on any atom is -0.497 e. The van der Waals surface area contributed by atoms with E-state index in [1.807, 2.05) is 54.8 Å². The maximum Gasteiger partial charge on any atom is 0.275 e. The molecule has 1 N–H and O–H groups in total. The number of nitrogens with one attached hydrogen (secondary N) is 1. The molecule has 200 valence electrons. The van der Waals surface area contributed by atoms with Crippen LogP contribution in [-0.4, -0.2) is 51.6 Å². The molecule has 0 unspecified atom stereocenters. The average Bonchev–Trinajstić information content (AvgIpc) is 3.27. The maximum atomic E-state index is 13.6. The lowest BCUT2D eigenvalue weighted by Crippen LogP contribution is -2.44. The Hall–Kier alpha value is -3.06. The molecule has 1 amide bonds. The minimum atomic E-state index is -0.182. The van der Waals surface area contributed by atoms with Crippen LogP contribution in [-0.2, 0) is 17.8 Å². The van der Waals surface area contributed by atoms with Crippen LogP contribution in [0.25, 0.3) is 16.8 Å². The molecule has 0 aliphatic carbocycles. The van der Waals surface area contributed by atoms with Gasteiger partial charge in [-0.15, -0.1) is 0 Å². The third kappa shape index (κ3) is 6.45. The predicted octanol–water partition coefficient (Wildman–Crippen LogP) is 4.89. The molecule has 7 heteroatoms. The molecule has 37 heavy (non-hydrogen) atoms. The number of unbranched alkanes of at least 4 members (excludes halogenated alkanes) is 1. The van der Waals surface area contributed by atoms with E-state index in [9.17, 15) is 9.59 Å². The maximum absolute atomic E-state index is 13.6. The van der Waals surface area contributed by atoms with Gasteiger partial charge in [-0.1, -0.05) is 18.6 Å². The fraction of sp³-hybridized carbons (Fsp3) is 0.533. The van der Waals surface area contributed by atoms with Crippen molar-refractivity contribution < 1.29 is 9.53 Å². The number of nitrogens with zero attached hydrogens (tertiary/aromatic N) is 3. The number of benzene rings is 1. The Morgan fingerprint density at radius 2 is 1.86 bits per heavy atom. The second-order valence-corrected chi connectivity index (χ2v) is 10.8. The zero-order valence-electron chi connectivity index (χ0n) is 23.0. The number of fused-ring (bicyclic) bond motifs is 1. The van der Waals surface area contributed by atoms with Gasteiger partial charge < -0.3 is 14.5 Å². The molecule has 0 bridgehead atoms. The Morgan fingerprint density at radius 1 is 1.11 bits per heavy atom. The second kappa shape index (κ2) is 12.0. The van der Waals surface area contributed by atoms with Crippen molar-refractivity contribution in [1.82, 2.24) is 19.2 Å². The Labute approximate surface area is 220 Å². The van der Waals surface area contributed by atoms with Crippen LogP contribution in [0.4, 0.5) is 0 Å². The zero-order valence-corrected chi connectivity index (χ0v) is 23.0. The summed E-state index contributed by atoms with van der Waals surface area (Å²) in [6.07, 6.45) is 11.1. The standard InChI is InChI=1S/C30H42N4O3/c1-21(2)31-29(35)20-34-28(25-13-9-14-26(17-25)37-5)19-32-18-24(16-27(32)30(34)36)12-6-7-15-33-22(3)10-8-11-23(33)4/h9,13-14,16-19,21-23H,6-8,10-12,15,20H2,1-5H3,(H,31,35)/t22-,23+. The molecule has 0 spiro atoms. The van der Waals surface area contributed by atoms with Gasteiger partial charge in [0, 0.05) is 36.1 Å². The van der Waals surface area contributed by atoms with Crippen LogP contribution in [0.15, 0.2) is 47.5 Å². The summed E-state index contributed by atoms with van der Waals surface area (Å²) < 4.78 is 8.90. The summed E-state index contributed by atoms with van der Waals surface area (Å²) in [5, 5.41) is 2.91. The van der Waals surface area contributed by atoms with Gasteiger partial charge in [0.05, 0.1) is 12.8 Å². The van der Waals surface area contributed by atoms with Gasteiger partial charge in [0.2, 0.25) is 5.91 Å². The number of hydrogen-bond donors (Lipinski definition) is 1. The van der Waals surface area contributed by atoms with Crippen LogP contribution in [0.2, 0.25) is 0 Å². The van der Waals surface area contributed by atoms with Crippen molar-refractivity contribution in [2.75, 3.05) is 13.7 Å². The molecule has 3 heterocycles. The average molecular weight is 507 g/mol. The van der Waals surface area contributed by atoms with Crippen LogP contribution in [0.1, 0.15) is 65.4 Å². The van der Waals surface area contributed by atoms with E-state index in [4.69, 9.17) is 4.74 Å². The van der Waals surface area contributed by atoms with E-state index in [-0.39, 0.29) is 24.1 Å². The molecule has 3 aromatic rings. The van der Waals surface area contributed by atoms with Crippen LogP contribution >= 0.6 is 0 Å². The quantitative estimate of drug-likeness (QED) is 0.398. The van der Waals surface area contributed by atoms with Crippen molar-refractivity contribution in [3.63, 3.8) is 0 Å². The number of piperidine rings is 1. The summed E-state index contributed by atoms with van der Waals surface area (Å²) in [6.45, 7) is 9.63. The number of hydrogen-bond acceptors (Lipinski definition) is 4. The van der Waals surface area contributed by atoms with Crippen molar-refractivity contribution >= 4 is 11.4 Å². The number of carbonyl (C=O) groups is 1. The molecule has 2 aromatic heterocycles. The van der Waals surface area contributed by atoms with Gasteiger partial charge in [-0.3, -0.25) is 19.1 Å². The lowest BCUT2D eigenvalue weighted by molar-refractivity contribution is -0.122. The van der Waals surface area contributed by atoms with Gasteiger partial charge in [0.1, 0.15) is 17.8 Å². The molecule has 2 atom stereocenters. The Kier molecular flexibility index (Phi) is 8.75. The fourth-order valence-corrected chi connectivity index (χ4v) is 5.62. The third-order valence-corrected chi connectivity index (χ3v) is 7.55. The topological polar surface area (TPSA) is 68.0 Å². The second-order valence-electron chi connectivity index (χ2n) is 10.8. The molecule has 4 rings (SSSR count). The molecule has 7 nitrogen and oxygen atoms in total. The van der Waals surface area contributed by atoms with Gasteiger partial charge in [-0.2, -0.15) is 0 Å². The number of ether oxygens (including phenoxy) is 1. The van der Waals surface area contributed by atoms with Gasteiger partial charge in [-0.25, -0.2) is 0 Å². The van der Waals surface area contributed by atoms with Crippen molar-refractivity contribution in [1.29, 1.82) is 0 Å². The summed E-state index contributed by atoms with van der Waals surface area (Å²) >= 11 is 0. The van der Waals surface area contributed by atoms with Gasteiger partial charge in [0.25, 0.3) is 5.56 Å². The first-order chi connectivity index (χ1) is 17.8. The van der Waals surface area contributed by atoms with E-state index in [1.165, 1.54) is 19.3 Å². The molecule has 1 fully saturated rings. The van der Waals surface area contributed by atoms with Gasteiger partial charge >= 0.3 is 0 Å². The van der Waals surface area contributed by atoms with E-state index in [0.717, 1.165) is 36.9 Å². The number of rotatable bonds is 10.